The number of hydrogen-bond acceptors (Lipinski definition) is 4. The lowest BCUT2D eigenvalue weighted by Crippen LogP contribution is -2.19. The van der Waals surface area contributed by atoms with E-state index in [1.807, 2.05) is 0 Å². The lowest BCUT2D eigenvalue weighted by atomic mass is 10.2. The second-order valence-electron chi connectivity index (χ2n) is 4.18. The van der Waals surface area contributed by atoms with Crippen LogP contribution >= 0.6 is 0 Å². The van der Waals surface area contributed by atoms with E-state index < -0.39 is 23.7 Å². The van der Waals surface area contributed by atoms with Gasteiger partial charge in [0, 0.05) is 17.4 Å². The zero-order chi connectivity index (χ0) is 16.3. The first-order chi connectivity index (χ1) is 10.3. The van der Waals surface area contributed by atoms with E-state index in [0.717, 1.165) is 7.11 Å². The lowest BCUT2D eigenvalue weighted by molar-refractivity contribution is -0.139. The van der Waals surface area contributed by atoms with Crippen LogP contribution in [-0.4, -0.2) is 23.1 Å². The molecule has 9 heteroatoms. The Morgan fingerprint density at radius 3 is 2.68 bits per heavy atom. The smallest absolute Gasteiger partial charge is 0.423 e. The van der Waals surface area contributed by atoms with E-state index in [0.29, 0.717) is 17.4 Å². The fourth-order valence-electron chi connectivity index (χ4n) is 1.73. The van der Waals surface area contributed by atoms with Crippen molar-refractivity contribution in [2.24, 2.45) is 5.73 Å². The largest absolute Gasteiger partial charge is 0.480 e. The van der Waals surface area contributed by atoms with Crippen molar-refractivity contribution in [2.45, 2.75) is 6.18 Å². The maximum atomic E-state index is 12.8. The molecule has 0 aliphatic rings. The molecule has 2 rings (SSSR count). The number of amides is 2. The molecule has 1 aromatic heterocycles. The molecule has 22 heavy (non-hydrogen) atoms. The van der Waals surface area contributed by atoms with Gasteiger partial charge in [-0.3, -0.25) is 0 Å². The van der Waals surface area contributed by atoms with E-state index in [4.69, 9.17) is 5.73 Å². The topological polar surface area (TPSA) is 90.1 Å². The van der Waals surface area contributed by atoms with Crippen LogP contribution in [0.1, 0.15) is 5.56 Å². The van der Waals surface area contributed by atoms with Gasteiger partial charge in [-0.1, -0.05) is 12.1 Å². The Labute approximate surface area is 123 Å². The summed E-state index contributed by atoms with van der Waals surface area (Å²) in [6, 6.07) is 5.44. The molecule has 0 bridgehead atoms. The number of rotatable bonds is 3. The number of anilines is 1. The van der Waals surface area contributed by atoms with Crippen LogP contribution in [0.15, 0.2) is 30.5 Å². The number of carbonyl (C=O) groups is 1. The first-order valence-corrected chi connectivity index (χ1v) is 5.96. The minimum atomic E-state index is -4.61. The monoisotopic (exact) mass is 312 g/mol. The maximum Gasteiger partial charge on any atom is 0.423 e. The van der Waals surface area contributed by atoms with Crippen molar-refractivity contribution in [1.29, 1.82) is 0 Å². The van der Waals surface area contributed by atoms with Gasteiger partial charge in [0.2, 0.25) is 5.88 Å². The number of hydrogen-bond donors (Lipinski definition) is 2. The van der Waals surface area contributed by atoms with Crippen LogP contribution in [0.2, 0.25) is 0 Å². The van der Waals surface area contributed by atoms with Crippen molar-refractivity contribution >= 4 is 11.7 Å². The molecule has 0 saturated carbocycles. The van der Waals surface area contributed by atoms with E-state index in [9.17, 15) is 18.0 Å². The molecular weight excluding hydrogens is 301 g/mol. The van der Waals surface area contributed by atoms with Crippen LogP contribution in [0.3, 0.4) is 0 Å². The molecule has 116 valence electrons. The second-order valence-corrected chi connectivity index (χ2v) is 4.18. The molecule has 0 spiro atoms. The van der Waals surface area contributed by atoms with Crippen molar-refractivity contribution in [1.82, 2.24) is 9.97 Å². The number of urea groups is 1. The third-order valence-corrected chi connectivity index (χ3v) is 2.64. The number of benzene rings is 1. The van der Waals surface area contributed by atoms with E-state index >= 15 is 0 Å². The first kappa shape index (κ1) is 15.5. The lowest BCUT2D eigenvalue weighted by Gasteiger charge is -2.11. The molecule has 6 nitrogen and oxygen atoms in total. The summed E-state index contributed by atoms with van der Waals surface area (Å²) >= 11 is 0. The molecule has 1 aromatic carbocycles. The molecule has 2 amide bonds. The molecular formula is C13H11F3N4O2. The minimum Gasteiger partial charge on any atom is -0.480 e. The molecule has 0 aliphatic heterocycles. The van der Waals surface area contributed by atoms with Crippen LogP contribution in [0.5, 0.6) is 5.88 Å². The van der Waals surface area contributed by atoms with Crippen molar-refractivity contribution in [3.05, 3.63) is 36.0 Å². The number of aromatic nitrogens is 2. The van der Waals surface area contributed by atoms with E-state index in [-0.39, 0.29) is 5.82 Å². The highest BCUT2D eigenvalue weighted by molar-refractivity contribution is 5.88. The van der Waals surface area contributed by atoms with Gasteiger partial charge < -0.3 is 15.8 Å². The average molecular weight is 312 g/mol. The zero-order valence-corrected chi connectivity index (χ0v) is 11.3. The Morgan fingerprint density at radius 1 is 1.36 bits per heavy atom. The fourth-order valence-corrected chi connectivity index (χ4v) is 1.73. The summed E-state index contributed by atoms with van der Waals surface area (Å²) in [6.45, 7) is 0. The van der Waals surface area contributed by atoms with Crippen molar-refractivity contribution < 1.29 is 22.7 Å². The molecule has 0 fully saturated rings. The van der Waals surface area contributed by atoms with Crippen molar-refractivity contribution in [3.63, 3.8) is 0 Å². The number of methoxy groups -OCH3 is 1. The number of alkyl halides is 3. The standard InChI is InChI=1S/C13H11F3N4O2/c1-22-11-9(13(14,15)16)6-18-10(20-11)7-3-2-4-8(5-7)19-12(17)21/h2-6H,1H3,(H3,17,19,21). The van der Waals surface area contributed by atoms with Gasteiger partial charge in [-0.05, 0) is 12.1 Å². The zero-order valence-electron chi connectivity index (χ0n) is 11.3. The maximum absolute atomic E-state index is 12.8. The normalized spacial score (nSPS) is 11.1. The Kier molecular flexibility index (Phi) is 4.15. The van der Waals surface area contributed by atoms with E-state index in [1.165, 1.54) is 6.07 Å². The van der Waals surface area contributed by atoms with Crippen LogP contribution < -0.4 is 15.8 Å². The molecule has 1 heterocycles. The van der Waals surface area contributed by atoms with E-state index in [2.05, 4.69) is 20.0 Å². The third kappa shape index (κ3) is 3.43. The predicted molar refractivity (Wildman–Crippen MR) is 72.2 cm³/mol. The molecule has 3 N–H and O–H groups in total. The fraction of sp³-hybridized carbons (Fsp3) is 0.154. The first-order valence-electron chi connectivity index (χ1n) is 5.96. The summed E-state index contributed by atoms with van der Waals surface area (Å²) in [6.07, 6.45) is -3.96. The number of carbonyl (C=O) groups excluding carboxylic acids is 1. The average Bonchev–Trinajstić information content (AvgIpc) is 2.45. The third-order valence-electron chi connectivity index (χ3n) is 2.64. The van der Waals surface area contributed by atoms with Gasteiger partial charge in [0.05, 0.1) is 7.11 Å². The van der Waals surface area contributed by atoms with Gasteiger partial charge in [-0.25, -0.2) is 9.78 Å². The predicted octanol–water partition coefficient (Wildman–Crippen LogP) is 2.66. The second kappa shape index (κ2) is 5.88. The van der Waals surface area contributed by atoms with Gasteiger partial charge in [-0.2, -0.15) is 18.2 Å². The Bertz CT molecular complexity index is 704. The number of nitrogens with two attached hydrogens (primary N) is 1. The van der Waals surface area contributed by atoms with Crippen LogP contribution in [-0.2, 0) is 6.18 Å². The van der Waals surface area contributed by atoms with Crippen LogP contribution in [0.4, 0.5) is 23.7 Å². The van der Waals surface area contributed by atoms with Gasteiger partial charge in [0.1, 0.15) is 5.56 Å². The molecule has 0 radical (unpaired) electrons. The van der Waals surface area contributed by atoms with Gasteiger partial charge >= 0.3 is 12.2 Å². The summed E-state index contributed by atoms with van der Waals surface area (Å²) in [4.78, 5) is 18.2. The number of nitrogens with zero attached hydrogens (tertiary/aromatic N) is 2. The molecule has 0 saturated heterocycles. The highest BCUT2D eigenvalue weighted by Crippen LogP contribution is 2.35. The van der Waals surface area contributed by atoms with Crippen LogP contribution in [0, 0.1) is 0 Å². The summed E-state index contributed by atoms with van der Waals surface area (Å²) in [5, 5.41) is 2.35. The summed E-state index contributed by atoms with van der Waals surface area (Å²) in [5.74, 6) is -0.552. The summed E-state index contributed by atoms with van der Waals surface area (Å²) in [5.41, 5.74) is 4.70. The molecule has 0 aliphatic carbocycles. The van der Waals surface area contributed by atoms with E-state index in [1.54, 1.807) is 18.2 Å². The van der Waals surface area contributed by atoms with Gasteiger partial charge in [0.15, 0.2) is 5.82 Å². The molecule has 0 unspecified atom stereocenters. The van der Waals surface area contributed by atoms with Gasteiger partial charge in [-0.15, -0.1) is 0 Å². The number of nitrogens with one attached hydrogen (secondary N) is 1. The molecule has 2 aromatic rings. The highest BCUT2D eigenvalue weighted by atomic mass is 19.4. The SMILES string of the molecule is COc1nc(-c2cccc(NC(N)=O)c2)ncc1C(F)(F)F. The van der Waals surface area contributed by atoms with Crippen LogP contribution in [0.25, 0.3) is 11.4 Å². The summed E-state index contributed by atoms with van der Waals surface area (Å²) < 4.78 is 42.9. The number of ether oxygens (including phenoxy) is 1. The molecule has 0 atom stereocenters. The highest BCUT2D eigenvalue weighted by Gasteiger charge is 2.36. The van der Waals surface area contributed by atoms with Crippen molar-refractivity contribution in [2.75, 3.05) is 12.4 Å². The number of halogens is 3. The van der Waals surface area contributed by atoms with Gasteiger partial charge in [0.25, 0.3) is 0 Å². The minimum absolute atomic E-state index is 0.0259. The number of primary amides is 1. The van der Waals surface area contributed by atoms with Crippen molar-refractivity contribution in [3.8, 4) is 17.3 Å². The Balaban J connectivity index is 2.43. The Hall–Kier alpha value is -2.84. The summed E-state index contributed by atoms with van der Waals surface area (Å²) in [7, 11) is 1.09. The quantitative estimate of drug-likeness (QED) is 0.911. The Morgan fingerprint density at radius 2 is 2.09 bits per heavy atom.